The molecule has 4 rings (SSSR count). The second-order valence-corrected chi connectivity index (χ2v) is 7.07. The highest BCUT2D eigenvalue weighted by Gasteiger charge is 2.25. The van der Waals surface area contributed by atoms with Gasteiger partial charge in [-0.15, -0.1) is 0 Å². The van der Waals surface area contributed by atoms with Crippen LogP contribution in [0.25, 0.3) is 0 Å². The fourth-order valence-electron chi connectivity index (χ4n) is 3.15. The van der Waals surface area contributed by atoms with Crippen LogP contribution in [0.1, 0.15) is 28.4 Å². The summed E-state index contributed by atoms with van der Waals surface area (Å²) in [5, 5.41) is 30.0. The minimum atomic E-state index is -1.80. The summed E-state index contributed by atoms with van der Waals surface area (Å²) >= 11 is 0. The topological polar surface area (TPSA) is 60.7 Å². The molecule has 0 atom stereocenters. The number of benzene rings is 4. The Morgan fingerprint density at radius 1 is 0.533 bits per heavy atom. The highest BCUT2D eigenvalue weighted by atomic mass is 16.5. The Kier molecular flexibility index (Phi) is 7.52. The van der Waals surface area contributed by atoms with Gasteiger partial charge in [0.25, 0.3) is 0 Å². The van der Waals surface area contributed by atoms with Gasteiger partial charge in [0.1, 0.15) is 6.10 Å². The summed E-state index contributed by atoms with van der Waals surface area (Å²) in [4.78, 5) is 0. The maximum atomic E-state index is 9.99. The van der Waals surface area contributed by atoms with Crippen LogP contribution in [-0.2, 0) is 12.2 Å². The summed E-state index contributed by atoms with van der Waals surface area (Å²) in [6.45, 7) is 0. The van der Waals surface area contributed by atoms with E-state index in [9.17, 15) is 15.3 Å². The summed E-state index contributed by atoms with van der Waals surface area (Å²) in [5.74, 6) is -1.80. The van der Waals surface area contributed by atoms with Crippen molar-refractivity contribution < 1.29 is 15.3 Å². The van der Waals surface area contributed by atoms with Crippen molar-refractivity contribution in [3.63, 3.8) is 0 Å². The van der Waals surface area contributed by atoms with E-state index >= 15 is 0 Å². The number of hydrogen-bond donors (Lipinski definition) is 3. The number of hydrogen-bond acceptors (Lipinski definition) is 3. The molecule has 30 heavy (non-hydrogen) atoms. The minimum absolute atomic E-state index is 0.192. The van der Waals surface area contributed by atoms with Gasteiger partial charge < -0.3 is 15.3 Å². The largest absolute Gasteiger partial charge is 0.384 e. The smallest absolute Gasteiger partial charge is 0.193 e. The number of aliphatic hydroxyl groups is 3. The zero-order valence-corrected chi connectivity index (χ0v) is 16.7. The molecule has 152 valence electrons. The van der Waals surface area contributed by atoms with Gasteiger partial charge in [-0.1, -0.05) is 121 Å². The third-order valence-electron chi connectivity index (χ3n) is 4.76. The fraction of sp³-hybridized carbons (Fsp3) is 0.111. The van der Waals surface area contributed by atoms with E-state index in [0.717, 1.165) is 16.7 Å². The van der Waals surface area contributed by atoms with Crippen LogP contribution in [-0.4, -0.2) is 15.3 Å². The van der Waals surface area contributed by atoms with Crippen LogP contribution in [0.2, 0.25) is 0 Å². The molecule has 4 aromatic carbocycles. The third kappa shape index (κ3) is 6.13. The van der Waals surface area contributed by atoms with Crippen molar-refractivity contribution in [1.82, 2.24) is 0 Å². The van der Waals surface area contributed by atoms with Crippen molar-refractivity contribution in [2.24, 2.45) is 0 Å². The van der Waals surface area contributed by atoms with Gasteiger partial charge in [-0.25, -0.2) is 0 Å². The second kappa shape index (κ2) is 10.5. The number of aliphatic hydroxyl groups excluding tert-OH is 1. The number of rotatable bonds is 5. The third-order valence-corrected chi connectivity index (χ3v) is 4.76. The van der Waals surface area contributed by atoms with Gasteiger partial charge in [0.05, 0.1) is 0 Å². The van der Waals surface area contributed by atoms with Crippen molar-refractivity contribution >= 4 is 0 Å². The van der Waals surface area contributed by atoms with E-state index < -0.39 is 11.9 Å². The van der Waals surface area contributed by atoms with Gasteiger partial charge in [0.15, 0.2) is 5.79 Å². The molecule has 0 aliphatic heterocycles. The quantitative estimate of drug-likeness (QED) is 0.422. The van der Waals surface area contributed by atoms with E-state index in [1.54, 1.807) is 24.3 Å². The second-order valence-electron chi connectivity index (χ2n) is 7.07. The summed E-state index contributed by atoms with van der Waals surface area (Å²) in [5.41, 5.74) is 3.27. The molecule has 0 aliphatic rings. The van der Waals surface area contributed by atoms with Crippen LogP contribution in [0.3, 0.4) is 0 Å². The monoisotopic (exact) mass is 398 g/mol. The summed E-state index contributed by atoms with van der Waals surface area (Å²) in [6, 6.07) is 37.6. The molecular weight excluding hydrogens is 372 g/mol. The predicted octanol–water partition coefficient (Wildman–Crippen LogP) is 4.84. The van der Waals surface area contributed by atoms with Gasteiger partial charge >= 0.3 is 0 Å². The van der Waals surface area contributed by atoms with Gasteiger partial charge in [0, 0.05) is 12.0 Å². The van der Waals surface area contributed by atoms with E-state index in [2.05, 4.69) is 0 Å². The lowest BCUT2D eigenvalue weighted by molar-refractivity contribution is -0.168. The van der Waals surface area contributed by atoms with Crippen LogP contribution in [0.5, 0.6) is 0 Å². The zero-order chi connectivity index (χ0) is 21.2. The van der Waals surface area contributed by atoms with Gasteiger partial charge in [-0.05, 0) is 16.7 Å². The molecule has 0 amide bonds. The lowest BCUT2D eigenvalue weighted by Crippen LogP contribution is -2.27. The van der Waals surface area contributed by atoms with Crippen molar-refractivity contribution in [1.29, 1.82) is 0 Å². The lowest BCUT2D eigenvalue weighted by Gasteiger charge is -2.22. The average molecular weight is 399 g/mol. The average Bonchev–Trinajstić information content (AvgIpc) is 2.81. The van der Waals surface area contributed by atoms with Crippen molar-refractivity contribution in [3.8, 4) is 0 Å². The Morgan fingerprint density at radius 2 is 0.900 bits per heavy atom. The van der Waals surface area contributed by atoms with Crippen LogP contribution in [0.15, 0.2) is 121 Å². The Bertz CT molecular complexity index is 946. The van der Waals surface area contributed by atoms with Gasteiger partial charge in [0.2, 0.25) is 0 Å². The molecule has 3 N–H and O–H groups in total. The SMILES string of the molecule is OC(O)(Cc1ccccc1)c1ccccc1.OC(c1ccccc1)c1ccccc1. The zero-order valence-electron chi connectivity index (χ0n) is 16.7. The molecule has 0 unspecified atom stereocenters. The lowest BCUT2D eigenvalue weighted by atomic mass is 9.98. The molecule has 0 spiro atoms. The highest BCUT2D eigenvalue weighted by Crippen LogP contribution is 2.22. The van der Waals surface area contributed by atoms with E-state index in [1.807, 2.05) is 97.1 Å². The standard InChI is InChI=1S/C14H14O2.C13H12O/c15-14(16,13-9-5-2-6-10-13)11-12-7-3-1-4-8-12;14-13(11-7-3-1-4-8-11)12-9-5-2-6-10-12/h1-10,15-16H,11H2;1-10,13-14H. The molecule has 0 fully saturated rings. The van der Waals surface area contributed by atoms with Crippen LogP contribution in [0.4, 0.5) is 0 Å². The van der Waals surface area contributed by atoms with Crippen molar-refractivity contribution in [2.75, 3.05) is 0 Å². The van der Waals surface area contributed by atoms with Crippen LogP contribution >= 0.6 is 0 Å². The van der Waals surface area contributed by atoms with E-state index in [0.29, 0.717) is 5.56 Å². The molecule has 0 radical (unpaired) electrons. The highest BCUT2D eigenvalue weighted by molar-refractivity contribution is 5.29. The van der Waals surface area contributed by atoms with E-state index in [4.69, 9.17) is 0 Å². The normalized spacial score (nSPS) is 10.9. The first-order valence-corrected chi connectivity index (χ1v) is 9.88. The first-order chi connectivity index (χ1) is 14.6. The first-order valence-electron chi connectivity index (χ1n) is 9.88. The minimum Gasteiger partial charge on any atom is -0.384 e. The maximum Gasteiger partial charge on any atom is 0.193 e. The van der Waals surface area contributed by atoms with Crippen molar-refractivity contribution in [3.05, 3.63) is 144 Å². The first kappa shape index (κ1) is 21.5. The van der Waals surface area contributed by atoms with E-state index in [1.165, 1.54) is 0 Å². The molecule has 0 heterocycles. The van der Waals surface area contributed by atoms with Crippen LogP contribution in [0, 0.1) is 0 Å². The molecule has 0 saturated heterocycles. The Hall–Kier alpha value is -3.24. The molecule has 0 aliphatic carbocycles. The van der Waals surface area contributed by atoms with E-state index in [-0.39, 0.29) is 6.42 Å². The Labute approximate surface area is 177 Å². The summed E-state index contributed by atoms with van der Waals surface area (Å²) < 4.78 is 0. The Morgan fingerprint density at radius 3 is 1.33 bits per heavy atom. The molecule has 0 aromatic heterocycles. The molecular formula is C27H26O3. The molecule has 0 saturated carbocycles. The fourth-order valence-corrected chi connectivity index (χ4v) is 3.15. The maximum absolute atomic E-state index is 9.99. The molecule has 4 aromatic rings. The van der Waals surface area contributed by atoms with Gasteiger partial charge in [-0.3, -0.25) is 0 Å². The van der Waals surface area contributed by atoms with Crippen molar-refractivity contribution in [2.45, 2.75) is 18.3 Å². The summed E-state index contributed by atoms with van der Waals surface area (Å²) in [6.07, 6.45) is -0.324. The molecule has 3 nitrogen and oxygen atoms in total. The summed E-state index contributed by atoms with van der Waals surface area (Å²) in [7, 11) is 0. The predicted molar refractivity (Wildman–Crippen MR) is 120 cm³/mol. The van der Waals surface area contributed by atoms with Gasteiger partial charge in [-0.2, -0.15) is 0 Å². The Balaban J connectivity index is 0.000000172. The van der Waals surface area contributed by atoms with Crippen LogP contribution < -0.4 is 0 Å². The molecule has 0 bridgehead atoms. The molecule has 3 heteroatoms.